The first kappa shape index (κ1) is 33.8. The van der Waals surface area contributed by atoms with Gasteiger partial charge in [-0.25, -0.2) is 0 Å². The van der Waals surface area contributed by atoms with Crippen LogP contribution in [0.15, 0.2) is 77.9 Å². The van der Waals surface area contributed by atoms with Gasteiger partial charge in [-0.05, 0) is 60.9 Å². The number of unbranched alkanes of at least 4 members (excludes halogenated alkanes) is 2. The lowest BCUT2D eigenvalue weighted by Gasteiger charge is -2.18. The van der Waals surface area contributed by atoms with Gasteiger partial charge in [0, 0.05) is 31.3 Å². The van der Waals surface area contributed by atoms with Crippen molar-refractivity contribution in [3.05, 3.63) is 89.0 Å². The lowest BCUT2D eigenvalue weighted by Crippen LogP contribution is -2.28. The molecular weight excluding hydrogens is 554 g/mol. The van der Waals surface area contributed by atoms with E-state index < -0.39 is 24.2 Å². The Bertz CT molecular complexity index is 1250. The molecular formula is C35H42F2O6. The molecule has 0 fully saturated rings. The molecule has 0 aromatic heterocycles. The first-order valence-electron chi connectivity index (χ1n) is 15.0. The fourth-order valence-electron chi connectivity index (χ4n) is 4.89. The van der Waals surface area contributed by atoms with Gasteiger partial charge >= 0.3 is 11.9 Å². The Kier molecular flexibility index (Phi) is 13.7. The van der Waals surface area contributed by atoms with Gasteiger partial charge < -0.3 is 14.2 Å². The van der Waals surface area contributed by atoms with Crippen LogP contribution in [-0.4, -0.2) is 36.7 Å². The lowest BCUT2D eigenvalue weighted by molar-refractivity contribution is -0.145. The highest BCUT2D eigenvalue weighted by molar-refractivity contribution is 6.00. The number of esters is 1. The third-order valence-electron chi connectivity index (χ3n) is 7.45. The zero-order valence-corrected chi connectivity index (χ0v) is 25.1. The summed E-state index contributed by atoms with van der Waals surface area (Å²) < 4.78 is 45.3. The van der Waals surface area contributed by atoms with Crippen LogP contribution in [0, 0.1) is 0 Å². The number of ketones is 2. The topological polar surface area (TPSA) is 78.9 Å². The summed E-state index contributed by atoms with van der Waals surface area (Å²) >= 11 is 0. The number of halogens is 2. The number of carbonyl (C=O) groups is 3. The molecule has 0 radical (unpaired) electrons. The molecule has 0 N–H and O–H groups in total. The lowest BCUT2D eigenvalue weighted by atomic mass is 9.97. The maximum absolute atomic E-state index is 14.4. The molecule has 1 aliphatic carbocycles. The first-order valence-corrected chi connectivity index (χ1v) is 15.0. The maximum atomic E-state index is 14.4. The van der Waals surface area contributed by atoms with Gasteiger partial charge in [0.25, 0.3) is 0 Å². The van der Waals surface area contributed by atoms with Gasteiger partial charge in [0.05, 0.1) is 19.8 Å². The molecule has 3 rings (SSSR count). The van der Waals surface area contributed by atoms with Gasteiger partial charge in [-0.1, -0.05) is 68.0 Å². The molecule has 0 amide bonds. The third kappa shape index (κ3) is 11.2. The van der Waals surface area contributed by atoms with Crippen molar-refractivity contribution in [3.8, 4) is 5.75 Å². The highest BCUT2D eigenvalue weighted by Gasteiger charge is 2.38. The summed E-state index contributed by atoms with van der Waals surface area (Å²) in [6.07, 6.45) is 5.19. The quantitative estimate of drug-likeness (QED) is 0.0933. The highest BCUT2D eigenvalue weighted by Crippen LogP contribution is 2.34. The average Bonchev–Trinajstić information content (AvgIpc) is 3.32. The summed E-state index contributed by atoms with van der Waals surface area (Å²) in [7, 11) is 1.58. The Morgan fingerprint density at radius 3 is 2.37 bits per heavy atom. The Labute approximate surface area is 253 Å². The van der Waals surface area contributed by atoms with Crippen LogP contribution in [0.2, 0.25) is 0 Å². The number of benzene rings is 2. The van der Waals surface area contributed by atoms with Gasteiger partial charge in [0.2, 0.25) is 5.78 Å². The van der Waals surface area contributed by atoms with Crippen LogP contribution in [-0.2, 0) is 37.1 Å². The molecule has 232 valence electrons. The molecule has 0 heterocycles. The van der Waals surface area contributed by atoms with E-state index in [-0.39, 0.29) is 57.1 Å². The van der Waals surface area contributed by atoms with Crippen molar-refractivity contribution < 1.29 is 37.4 Å². The second-order valence-corrected chi connectivity index (χ2v) is 10.7. The van der Waals surface area contributed by atoms with Crippen molar-refractivity contribution >= 4 is 17.5 Å². The number of alkyl halides is 2. The van der Waals surface area contributed by atoms with Gasteiger partial charge in [-0.2, -0.15) is 8.78 Å². The van der Waals surface area contributed by atoms with Crippen LogP contribution in [0.3, 0.4) is 0 Å². The second kappa shape index (κ2) is 17.5. The maximum Gasteiger partial charge on any atom is 0.306 e. The highest BCUT2D eigenvalue weighted by atomic mass is 19.3. The minimum Gasteiger partial charge on any atom is -0.497 e. The van der Waals surface area contributed by atoms with Crippen LogP contribution >= 0.6 is 0 Å². The van der Waals surface area contributed by atoms with E-state index in [9.17, 15) is 23.2 Å². The number of allylic oxidation sites excluding steroid dienone is 3. The number of methoxy groups -OCH3 is 1. The summed E-state index contributed by atoms with van der Waals surface area (Å²) in [4.78, 5) is 37.4. The summed E-state index contributed by atoms with van der Waals surface area (Å²) in [5, 5.41) is 0. The molecule has 1 aliphatic rings. The molecule has 0 unspecified atom stereocenters. The summed E-state index contributed by atoms with van der Waals surface area (Å²) in [6.45, 7) is 2.27. The van der Waals surface area contributed by atoms with E-state index in [1.807, 2.05) is 66.7 Å². The molecule has 0 spiro atoms. The summed E-state index contributed by atoms with van der Waals surface area (Å²) in [5.74, 6) is -4.14. The summed E-state index contributed by atoms with van der Waals surface area (Å²) in [5.41, 5.74) is 2.94. The largest absolute Gasteiger partial charge is 0.497 e. The first-order chi connectivity index (χ1) is 20.7. The van der Waals surface area contributed by atoms with Crippen molar-refractivity contribution in [3.63, 3.8) is 0 Å². The molecule has 0 saturated heterocycles. The molecule has 0 bridgehead atoms. The molecule has 1 atom stereocenters. The van der Waals surface area contributed by atoms with Crippen molar-refractivity contribution in [1.82, 2.24) is 0 Å². The minimum atomic E-state index is -3.37. The molecule has 6 nitrogen and oxygen atoms in total. The van der Waals surface area contributed by atoms with Crippen LogP contribution in [0.25, 0.3) is 0 Å². The van der Waals surface area contributed by atoms with Gasteiger partial charge in [-0.15, -0.1) is 0 Å². The van der Waals surface area contributed by atoms with Crippen molar-refractivity contribution in [2.24, 2.45) is 0 Å². The predicted molar refractivity (Wildman–Crippen MR) is 161 cm³/mol. The van der Waals surface area contributed by atoms with E-state index in [1.54, 1.807) is 14.0 Å². The van der Waals surface area contributed by atoms with E-state index >= 15 is 0 Å². The zero-order valence-electron chi connectivity index (χ0n) is 25.1. The number of rotatable bonds is 19. The number of Topliss-reactive ketones (excluding diaryl/α,β-unsaturated/α-hetero) is 2. The number of hydrogen-bond donors (Lipinski definition) is 0. The van der Waals surface area contributed by atoms with Crippen molar-refractivity contribution in [1.29, 1.82) is 0 Å². The van der Waals surface area contributed by atoms with E-state index in [0.717, 1.165) is 11.1 Å². The van der Waals surface area contributed by atoms with Crippen LogP contribution in [0.4, 0.5) is 8.78 Å². The number of ether oxygens (including phenoxy) is 3. The van der Waals surface area contributed by atoms with E-state index in [0.29, 0.717) is 42.6 Å². The van der Waals surface area contributed by atoms with Crippen LogP contribution in [0.5, 0.6) is 5.75 Å². The number of carbonyl (C=O) groups excluding carboxylic acids is 3. The average molecular weight is 597 g/mol. The molecule has 0 aliphatic heterocycles. The van der Waals surface area contributed by atoms with Crippen LogP contribution in [0.1, 0.15) is 82.3 Å². The molecule has 8 heteroatoms. The monoisotopic (exact) mass is 596 g/mol. The SMILES string of the molecule is CCCCC(F)(F)C(=O)CCC1=C(CC=CCCCC(=O)OCc2ccccc2)C(=O)C[C@H]1OCc1ccc(OC)cc1. The Morgan fingerprint density at radius 1 is 0.953 bits per heavy atom. The van der Waals surface area contributed by atoms with Gasteiger partial charge in [0.15, 0.2) is 5.78 Å². The number of hydrogen-bond acceptors (Lipinski definition) is 6. The Balaban J connectivity index is 1.58. The molecule has 2 aromatic rings. The van der Waals surface area contributed by atoms with Crippen LogP contribution < -0.4 is 4.74 Å². The summed E-state index contributed by atoms with van der Waals surface area (Å²) in [6, 6.07) is 16.8. The fourth-order valence-corrected chi connectivity index (χ4v) is 4.89. The minimum absolute atomic E-state index is 0.0516. The molecule has 43 heavy (non-hydrogen) atoms. The normalized spacial score (nSPS) is 15.3. The van der Waals surface area contributed by atoms with Gasteiger partial charge in [0.1, 0.15) is 12.4 Å². The van der Waals surface area contributed by atoms with Gasteiger partial charge in [-0.3, -0.25) is 14.4 Å². The molecule has 0 saturated carbocycles. The van der Waals surface area contributed by atoms with Crippen molar-refractivity contribution in [2.75, 3.05) is 7.11 Å². The third-order valence-corrected chi connectivity index (χ3v) is 7.45. The molecule has 2 aromatic carbocycles. The Morgan fingerprint density at radius 2 is 1.67 bits per heavy atom. The standard InChI is InChI=1S/C35H42F2O6/c1-3-4-22-35(36,37)33(39)21-20-30-29(31(38)23-32(30)42-24-27-16-18-28(41-2)19-17-27)14-10-5-6-11-15-34(40)43-25-26-12-8-7-9-13-26/h5,7-10,12-13,16-19,32H,3-4,6,11,14-15,20-25H2,1-2H3/t32-/m1/s1. The smallest absolute Gasteiger partial charge is 0.306 e. The fraction of sp³-hybridized carbons (Fsp3) is 0.457. The zero-order chi connectivity index (χ0) is 31.1. The predicted octanol–water partition coefficient (Wildman–Crippen LogP) is 7.88. The Hall–Kier alpha value is -3.65. The van der Waals surface area contributed by atoms with Crippen molar-refractivity contribution in [2.45, 2.75) is 96.4 Å². The van der Waals surface area contributed by atoms with E-state index in [2.05, 4.69) is 0 Å². The van der Waals surface area contributed by atoms with E-state index in [4.69, 9.17) is 14.2 Å². The second-order valence-electron chi connectivity index (χ2n) is 10.7. The van der Waals surface area contributed by atoms with E-state index in [1.165, 1.54) is 0 Å².